The summed E-state index contributed by atoms with van der Waals surface area (Å²) in [7, 11) is -4.67. The number of hydrogen-bond donors (Lipinski definition) is 5. The summed E-state index contributed by atoms with van der Waals surface area (Å²) in [5.74, 6) is -17.6. The van der Waals surface area contributed by atoms with Crippen molar-refractivity contribution in [1.29, 1.82) is 0 Å². The van der Waals surface area contributed by atoms with E-state index in [2.05, 4.69) is 14.4 Å². The second kappa shape index (κ2) is 26.7. The van der Waals surface area contributed by atoms with E-state index in [1.807, 2.05) is 0 Å². The monoisotopic (exact) mass is 968 g/mol. The molecule has 0 unspecified atom stereocenters. The van der Waals surface area contributed by atoms with Crippen LogP contribution < -0.4 is 11.0 Å². The van der Waals surface area contributed by atoms with Crippen LogP contribution in [0.15, 0.2) is 0 Å². The van der Waals surface area contributed by atoms with Crippen molar-refractivity contribution in [2.45, 2.75) is 132 Å². The number of alkyl halides is 21. The molecule has 0 aliphatic carbocycles. The van der Waals surface area contributed by atoms with Crippen LogP contribution in [0, 0.1) is 0 Å². The second-order valence-corrected chi connectivity index (χ2v) is 12.5. The lowest BCUT2D eigenvalue weighted by molar-refractivity contribution is -0.443. The number of nitrogens with one attached hydrogen (secondary N) is 2. The molecule has 0 rings (SSSR count). The van der Waals surface area contributed by atoms with Crippen LogP contribution in [0.4, 0.5) is 92.2 Å². The van der Waals surface area contributed by atoms with Gasteiger partial charge in [0.2, 0.25) is 0 Å². The minimum Gasteiger partial charge on any atom is -0.396 e. The molecule has 0 atom stereocenters. The largest absolute Gasteiger partial charge is 0.459 e. The summed E-state index contributed by atoms with van der Waals surface area (Å²) in [6, 6.07) is 0. The van der Waals surface area contributed by atoms with E-state index in [4.69, 9.17) is 27.4 Å². The second-order valence-electron chi connectivity index (χ2n) is 11.6. The normalized spacial score (nSPS) is 14.1. The maximum absolute atomic E-state index is 13.1. The number of ether oxygens (including phenoxy) is 2. The number of aliphatic hydroxyl groups is 1. The van der Waals surface area contributed by atoms with Gasteiger partial charge in [0.05, 0.1) is 6.61 Å². The molecular weight excluding hydrogens is 927 g/mol. The molecule has 5 N–H and O–H groups in total. The molecule has 0 aliphatic heterocycles. The van der Waals surface area contributed by atoms with Crippen LogP contribution in [0.2, 0.25) is 0 Å². The molecule has 0 saturated carbocycles. The first-order chi connectivity index (χ1) is 26.8. The average molecular weight is 969 g/mol. The molecule has 60 heavy (non-hydrogen) atoms. The van der Waals surface area contributed by atoms with E-state index in [9.17, 15) is 92.2 Å². The van der Waals surface area contributed by atoms with Gasteiger partial charge in [-0.25, -0.2) is 9.68 Å². The Balaban J connectivity index is -0.000000975. The zero-order valence-electron chi connectivity index (χ0n) is 30.4. The van der Waals surface area contributed by atoms with E-state index in [1.54, 1.807) is 0 Å². The maximum atomic E-state index is 13.1. The number of aliphatic hydroxyl groups excluding tert-OH is 1. The smallest absolute Gasteiger partial charge is 0.396 e. The van der Waals surface area contributed by atoms with Crippen LogP contribution in [0.1, 0.15) is 77.0 Å². The zero-order valence-corrected chi connectivity index (χ0v) is 31.2. The molecule has 0 aromatic rings. The Hall–Kier alpha value is -1.88. The van der Waals surface area contributed by atoms with Gasteiger partial charge in [0.15, 0.2) is 0 Å². The van der Waals surface area contributed by atoms with Crippen molar-refractivity contribution >= 4 is 10.4 Å². The van der Waals surface area contributed by atoms with Crippen LogP contribution in [0.3, 0.4) is 0 Å². The van der Waals surface area contributed by atoms with Crippen LogP contribution in [0.25, 0.3) is 0 Å². The Morgan fingerprint density at radius 1 is 0.383 bits per heavy atom. The third-order valence-electron chi connectivity index (χ3n) is 6.60. The number of rotatable bonds is 25. The van der Waals surface area contributed by atoms with Gasteiger partial charge in [0.1, 0.15) is 0 Å². The molecule has 11 nitrogen and oxygen atoms in total. The highest BCUT2D eigenvalue weighted by Gasteiger charge is 2.76. The highest BCUT2D eigenvalue weighted by Crippen LogP contribution is 2.48. The highest BCUT2D eigenvalue weighted by atomic mass is 32.3. The third-order valence-corrected chi connectivity index (χ3v) is 6.60. The first-order valence-corrected chi connectivity index (χ1v) is 18.0. The van der Waals surface area contributed by atoms with Crippen molar-refractivity contribution in [1.82, 2.24) is 11.0 Å². The fraction of sp³-hybridized carbons (Fsp3) is 1.00. The molecule has 33 heteroatoms. The van der Waals surface area contributed by atoms with Crippen LogP contribution in [-0.4, -0.2) is 117 Å². The van der Waals surface area contributed by atoms with E-state index < -0.39 is 84.6 Å². The first-order valence-electron chi connectivity index (χ1n) is 16.6. The van der Waals surface area contributed by atoms with Gasteiger partial charge in [-0.2, -0.15) is 112 Å². The minimum absolute atomic E-state index is 0.172. The Kier molecular flexibility index (Phi) is 27.7. The van der Waals surface area contributed by atoms with E-state index in [1.165, 1.54) is 5.48 Å². The van der Waals surface area contributed by atoms with E-state index >= 15 is 0 Å². The molecule has 0 amide bonds. The van der Waals surface area contributed by atoms with Crippen molar-refractivity contribution in [3.63, 3.8) is 0 Å². The Bertz CT molecular complexity index is 1140. The van der Waals surface area contributed by atoms with Crippen molar-refractivity contribution < 1.29 is 134 Å². The standard InChI is InChI=1S/C15H26F7NO3.C12H13F14NO2.H2O4S/c16-13(14(17,18)19,15(20,21)22)26-23-9-5-1-3-7-11-25-12-8-4-2-6-10-24;13-7(9(15,16)17,10(18,19)20)28-6-4-2-1-3-5-27-29-8(14,11(21,22)23)12(24,25)26;1-5(2,3)4/h23-24H,1-12H2;27H,1-6H2;(H2,1,2,3,4). The van der Waals surface area contributed by atoms with Gasteiger partial charge in [-0.3, -0.25) is 9.11 Å². The summed E-state index contributed by atoms with van der Waals surface area (Å²) in [6.45, 7) is -1.16. The summed E-state index contributed by atoms with van der Waals surface area (Å²) in [6.07, 6.45) is -33.7. The minimum atomic E-state index is -6.45. The fourth-order valence-electron chi connectivity index (χ4n) is 3.57. The van der Waals surface area contributed by atoms with Crippen LogP contribution in [-0.2, 0) is 29.5 Å². The third kappa shape index (κ3) is 24.7. The Labute approximate surface area is 327 Å². The van der Waals surface area contributed by atoms with Gasteiger partial charge in [0, 0.05) is 32.9 Å². The average Bonchev–Trinajstić information content (AvgIpc) is 3.03. The molecule has 0 spiro atoms. The van der Waals surface area contributed by atoms with Crippen molar-refractivity contribution in [3.8, 4) is 0 Å². The molecule has 0 radical (unpaired) electrons. The molecular formula is C27H41F21N2O9S. The van der Waals surface area contributed by atoms with Gasteiger partial charge >= 0.3 is 65.0 Å². The van der Waals surface area contributed by atoms with Crippen molar-refractivity contribution in [2.24, 2.45) is 0 Å². The van der Waals surface area contributed by atoms with Gasteiger partial charge in [-0.05, 0) is 38.5 Å². The summed E-state index contributed by atoms with van der Waals surface area (Å²) >= 11 is 0. The van der Waals surface area contributed by atoms with E-state index in [0.29, 0.717) is 32.5 Å². The van der Waals surface area contributed by atoms with E-state index in [0.717, 1.165) is 31.2 Å². The number of hydroxylamine groups is 2. The lowest BCUT2D eigenvalue weighted by atomic mass is 10.2. The summed E-state index contributed by atoms with van der Waals surface area (Å²) in [4.78, 5) is 6.27. The lowest BCUT2D eigenvalue weighted by Crippen LogP contribution is -2.57. The van der Waals surface area contributed by atoms with Crippen LogP contribution >= 0.6 is 0 Å². The molecule has 0 aromatic carbocycles. The molecule has 0 aliphatic rings. The maximum Gasteiger partial charge on any atom is 0.459 e. The summed E-state index contributed by atoms with van der Waals surface area (Å²) < 4.78 is 298. The first kappa shape index (κ1) is 62.4. The summed E-state index contributed by atoms with van der Waals surface area (Å²) in [5, 5.41) is 8.59. The molecule has 0 fully saturated rings. The Morgan fingerprint density at radius 3 is 0.900 bits per heavy atom. The quantitative estimate of drug-likeness (QED) is 0.0257. The number of unbranched alkanes of at least 4 members (excludes halogenated alkanes) is 9. The van der Waals surface area contributed by atoms with Gasteiger partial charge in [-0.15, -0.1) is 0 Å². The molecule has 0 heterocycles. The lowest BCUT2D eigenvalue weighted by Gasteiger charge is -2.29. The molecule has 0 saturated heterocycles. The summed E-state index contributed by atoms with van der Waals surface area (Å²) in [5.41, 5.74) is 2.50. The topological polar surface area (TPSA) is 156 Å². The predicted octanol–water partition coefficient (Wildman–Crippen LogP) is 9.44. The molecule has 0 aromatic heterocycles. The zero-order chi connectivity index (χ0) is 48.0. The van der Waals surface area contributed by atoms with Crippen molar-refractivity contribution in [2.75, 3.05) is 39.5 Å². The SMILES string of the molecule is FC(F)(F)C(F)(OCCCCCCNOC(F)(C(F)(F)F)C(F)(F)F)C(F)(F)F.O=S(=O)(O)O.OCCCCCCOCCCCCCNOC(F)(C(F)(F)F)C(F)(F)F. The van der Waals surface area contributed by atoms with Gasteiger partial charge in [-0.1, -0.05) is 38.5 Å². The van der Waals surface area contributed by atoms with Crippen molar-refractivity contribution in [3.05, 3.63) is 0 Å². The van der Waals surface area contributed by atoms with E-state index in [-0.39, 0.29) is 38.8 Å². The predicted molar refractivity (Wildman–Crippen MR) is 159 cm³/mol. The molecule has 366 valence electrons. The number of halogens is 21. The van der Waals surface area contributed by atoms with Gasteiger partial charge < -0.3 is 14.6 Å². The molecule has 0 bridgehead atoms. The Morgan fingerprint density at radius 2 is 0.633 bits per heavy atom. The van der Waals surface area contributed by atoms with Crippen LogP contribution in [0.5, 0.6) is 0 Å². The van der Waals surface area contributed by atoms with Gasteiger partial charge in [0.25, 0.3) is 0 Å². The number of hydrogen-bond acceptors (Lipinski definition) is 9. The highest BCUT2D eigenvalue weighted by molar-refractivity contribution is 7.79. The fourth-order valence-corrected chi connectivity index (χ4v) is 3.57.